The summed E-state index contributed by atoms with van der Waals surface area (Å²) in [6.45, 7) is 4.06. The zero-order chi connectivity index (χ0) is 9.07. The molecule has 0 spiro atoms. The van der Waals surface area contributed by atoms with Crippen molar-refractivity contribution in [2.75, 3.05) is 6.61 Å². The molecule has 0 aromatic carbocycles. The molecule has 0 N–H and O–H groups in total. The number of unbranched alkanes of at least 4 members (excludes halogenated alkanes) is 3. The first kappa shape index (κ1) is 11.2. The Bertz CT molecular complexity index is 119. The Labute approximate surface area is 74.6 Å². The van der Waals surface area contributed by atoms with Crippen LogP contribution in [0.3, 0.4) is 0 Å². The molecule has 0 bridgehead atoms. The molecule has 69 valence electrons. The van der Waals surface area contributed by atoms with Gasteiger partial charge < -0.3 is 4.74 Å². The highest BCUT2D eigenvalue weighted by Gasteiger charge is 1.87. The zero-order valence-electron chi connectivity index (χ0n) is 7.71. The van der Waals surface area contributed by atoms with Gasteiger partial charge in [0.1, 0.15) is 0 Å². The second-order valence-corrected chi connectivity index (χ2v) is 2.66. The van der Waals surface area contributed by atoms with Crippen LogP contribution in [0.4, 0.5) is 0 Å². The second-order valence-electron chi connectivity index (χ2n) is 2.66. The third kappa shape index (κ3) is 9.21. The third-order valence-corrected chi connectivity index (χ3v) is 1.58. The van der Waals surface area contributed by atoms with Crippen molar-refractivity contribution in [2.24, 2.45) is 0 Å². The fourth-order valence-corrected chi connectivity index (χ4v) is 0.939. The van der Waals surface area contributed by atoms with E-state index < -0.39 is 0 Å². The van der Waals surface area contributed by atoms with Gasteiger partial charge in [0.15, 0.2) is 0 Å². The molecule has 0 aliphatic rings. The Morgan fingerprint density at radius 2 is 2.08 bits per heavy atom. The van der Waals surface area contributed by atoms with Gasteiger partial charge in [-0.25, -0.2) is 4.79 Å². The number of carbonyl (C=O) groups excluding carboxylic acids is 1. The van der Waals surface area contributed by atoms with E-state index in [4.69, 9.17) is 0 Å². The molecule has 2 heteroatoms. The Morgan fingerprint density at radius 1 is 1.25 bits per heavy atom. The first-order chi connectivity index (χ1) is 5.91. The van der Waals surface area contributed by atoms with Crippen LogP contribution in [0.1, 0.15) is 39.0 Å². The van der Waals surface area contributed by atoms with Crippen molar-refractivity contribution in [3.05, 3.63) is 12.2 Å². The quantitative estimate of drug-likeness (QED) is 0.412. The summed E-state index contributed by atoms with van der Waals surface area (Å²) in [6.07, 6.45) is 9.88. The van der Waals surface area contributed by atoms with Crippen molar-refractivity contribution >= 4 is 6.47 Å². The van der Waals surface area contributed by atoms with Crippen LogP contribution in [-0.4, -0.2) is 13.1 Å². The number of hydrogen-bond donors (Lipinski definition) is 0. The zero-order valence-corrected chi connectivity index (χ0v) is 7.71. The van der Waals surface area contributed by atoms with E-state index in [-0.39, 0.29) is 0 Å². The van der Waals surface area contributed by atoms with Crippen LogP contribution in [0.5, 0.6) is 0 Å². The maximum absolute atomic E-state index is 9.62. The molecule has 0 fully saturated rings. The van der Waals surface area contributed by atoms with Crippen LogP contribution in [-0.2, 0) is 9.53 Å². The minimum Gasteiger partial charge on any atom is -0.457 e. The van der Waals surface area contributed by atoms with Crippen LogP contribution in [0, 0.1) is 0 Å². The van der Waals surface area contributed by atoms with E-state index in [0.717, 1.165) is 25.7 Å². The molecular weight excluding hydrogens is 152 g/mol. The molecule has 12 heavy (non-hydrogen) atoms. The van der Waals surface area contributed by atoms with Gasteiger partial charge in [-0.2, -0.15) is 0 Å². The van der Waals surface area contributed by atoms with Crippen LogP contribution < -0.4 is 0 Å². The summed E-state index contributed by atoms with van der Waals surface area (Å²) < 4.78 is 4.44. The first-order valence-corrected chi connectivity index (χ1v) is 4.55. The third-order valence-electron chi connectivity index (χ3n) is 1.58. The highest BCUT2D eigenvalue weighted by molar-refractivity contribution is 5.37. The molecule has 0 saturated heterocycles. The fraction of sp³-hybridized carbons (Fsp3) is 0.700. The summed E-state index contributed by atoms with van der Waals surface area (Å²) in [5, 5.41) is 0. The molecule has 0 amide bonds. The topological polar surface area (TPSA) is 26.3 Å². The summed E-state index contributed by atoms with van der Waals surface area (Å²) in [7, 11) is 0. The van der Waals surface area contributed by atoms with Crippen molar-refractivity contribution in [1.29, 1.82) is 0 Å². The van der Waals surface area contributed by atoms with Crippen molar-refractivity contribution in [2.45, 2.75) is 39.0 Å². The minimum absolute atomic E-state index is 0.515. The molecule has 0 saturated carbocycles. The molecule has 0 heterocycles. The van der Waals surface area contributed by atoms with Gasteiger partial charge in [0.25, 0.3) is 0 Å². The fourth-order valence-electron chi connectivity index (χ4n) is 0.939. The van der Waals surface area contributed by atoms with Gasteiger partial charge in [-0.05, 0) is 32.1 Å². The monoisotopic (exact) mass is 169 g/mol. The molecule has 0 atom stereocenters. The highest BCUT2D eigenvalue weighted by atomic mass is 16.5. The molecule has 0 aliphatic carbocycles. The van der Waals surface area contributed by atoms with E-state index in [0.29, 0.717) is 6.61 Å². The summed E-state index contributed by atoms with van der Waals surface area (Å²) in [4.78, 5) is 9.62. The maximum atomic E-state index is 9.62. The lowest BCUT2D eigenvalue weighted by molar-refractivity contribution is 0.269. The van der Waals surface area contributed by atoms with Gasteiger partial charge in [-0.1, -0.05) is 19.1 Å². The van der Waals surface area contributed by atoms with Crippen molar-refractivity contribution in [3.8, 4) is 0 Å². The molecule has 0 unspecified atom stereocenters. The Balaban J connectivity index is 2.90. The predicted molar refractivity (Wildman–Crippen MR) is 49.5 cm³/mol. The number of rotatable bonds is 8. The van der Waals surface area contributed by atoms with Crippen LogP contribution in [0.25, 0.3) is 0 Å². The number of allylic oxidation sites excluding steroid dienone is 2. The molecule has 0 aliphatic heterocycles. The summed E-state index contributed by atoms with van der Waals surface area (Å²) in [5.74, 6) is 0. The largest absolute Gasteiger partial charge is 0.457 e. The van der Waals surface area contributed by atoms with E-state index >= 15 is 0 Å². The molecule has 0 aromatic rings. The lowest BCUT2D eigenvalue weighted by atomic mass is 10.2. The summed E-state index contributed by atoms with van der Waals surface area (Å²) in [6, 6.07) is 0. The Hall–Kier alpha value is -0.790. The summed E-state index contributed by atoms with van der Waals surface area (Å²) >= 11 is 0. The second kappa shape index (κ2) is 10.2. The van der Waals surface area contributed by atoms with Gasteiger partial charge in [0, 0.05) is 0 Å². The number of ether oxygens (including phenoxy) is 1. The Kier molecular flexibility index (Phi) is 9.54. The normalized spacial score (nSPS) is 10.4. The lowest BCUT2D eigenvalue weighted by Gasteiger charge is -1.96. The van der Waals surface area contributed by atoms with Crippen molar-refractivity contribution in [3.63, 3.8) is 0 Å². The number of hydrogen-bond acceptors (Lipinski definition) is 2. The smallest absolute Gasteiger partial charge is 0.417 e. The average Bonchev–Trinajstić information content (AvgIpc) is 2.10. The van der Waals surface area contributed by atoms with Gasteiger partial charge in [-0.15, -0.1) is 0 Å². The standard InChI is InChI=1S/C10H17O2/c1-2-3-4-5-6-7-8-9-12-10-11/h3-4H,2,5-9H2,1H3/b4-3+. The van der Waals surface area contributed by atoms with Crippen LogP contribution >= 0.6 is 0 Å². The first-order valence-electron chi connectivity index (χ1n) is 4.55. The van der Waals surface area contributed by atoms with Gasteiger partial charge in [0.05, 0.1) is 6.61 Å². The van der Waals surface area contributed by atoms with Crippen molar-refractivity contribution in [1.82, 2.24) is 0 Å². The minimum atomic E-state index is 0.515. The van der Waals surface area contributed by atoms with E-state index in [2.05, 4.69) is 23.8 Å². The van der Waals surface area contributed by atoms with E-state index in [9.17, 15) is 4.79 Å². The van der Waals surface area contributed by atoms with E-state index in [1.165, 1.54) is 12.9 Å². The summed E-state index contributed by atoms with van der Waals surface area (Å²) in [5.41, 5.74) is 0. The average molecular weight is 169 g/mol. The molecule has 0 rings (SSSR count). The van der Waals surface area contributed by atoms with E-state index in [1.54, 1.807) is 0 Å². The predicted octanol–water partition coefficient (Wildman–Crippen LogP) is 2.60. The van der Waals surface area contributed by atoms with Crippen LogP contribution in [0.15, 0.2) is 12.2 Å². The van der Waals surface area contributed by atoms with Crippen molar-refractivity contribution < 1.29 is 9.53 Å². The Morgan fingerprint density at radius 3 is 2.75 bits per heavy atom. The van der Waals surface area contributed by atoms with Gasteiger partial charge in [0.2, 0.25) is 0 Å². The lowest BCUT2D eigenvalue weighted by Crippen LogP contribution is -1.90. The van der Waals surface area contributed by atoms with Gasteiger partial charge >= 0.3 is 6.47 Å². The highest BCUT2D eigenvalue weighted by Crippen LogP contribution is 2.00. The molecular formula is C10H17O2. The molecule has 0 aromatic heterocycles. The molecule has 1 radical (unpaired) electrons. The SMILES string of the molecule is CC/C=C/CCCCCO[C]=O. The maximum Gasteiger partial charge on any atom is 0.417 e. The molecule has 2 nitrogen and oxygen atoms in total. The van der Waals surface area contributed by atoms with Gasteiger partial charge in [-0.3, -0.25) is 0 Å². The van der Waals surface area contributed by atoms with E-state index in [1.807, 2.05) is 0 Å². The van der Waals surface area contributed by atoms with Crippen LogP contribution in [0.2, 0.25) is 0 Å².